The number of hydrogen-bond donors (Lipinski definition) is 2. The van der Waals surface area contributed by atoms with Gasteiger partial charge in [-0.3, -0.25) is 9.59 Å². The van der Waals surface area contributed by atoms with Crippen LogP contribution in [0.25, 0.3) is 22.0 Å². The lowest BCUT2D eigenvalue weighted by Gasteiger charge is -2.27. The number of aromatic nitrogens is 3. The van der Waals surface area contributed by atoms with Crippen LogP contribution in [0.3, 0.4) is 0 Å². The molecule has 0 radical (unpaired) electrons. The first-order valence-electron chi connectivity index (χ1n) is 13.0. The van der Waals surface area contributed by atoms with E-state index in [1.807, 2.05) is 18.2 Å². The Kier molecular flexibility index (Phi) is 7.41. The highest BCUT2D eigenvalue weighted by Crippen LogP contribution is 2.35. The van der Waals surface area contributed by atoms with E-state index in [4.69, 9.17) is 4.74 Å². The first-order valence-corrected chi connectivity index (χ1v) is 13.0. The number of nitrogens with one attached hydrogen (secondary N) is 2. The number of aromatic amines is 1. The number of carbonyl (C=O) groups excluding carboxylic acids is 1. The number of fused-ring (bicyclic) bond motifs is 1. The lowest BCUT2D eigenvalue weighted by molar-refractivity contribution is -0.139. The molecule has 0 saturated carbocycles. The van der Waals surface area contributed by atoms with Crippen molar-refractivity contribution in [2.75, 3.05) is 31.2 Å². The van der Waals surface area contributed by atoms with Gasteiger partial charge in [0.15, 0.2) is 0 Å². The van der Waals surface area contributed by atoms with E-state index < -0.39 is 18.6 Å². The second-order valence-corrected chi connectivity index (χ2v) is 10.0. The van der Waals surface area contributed by atoms with E-state index in [1.54, 1.807) is 39.1 Å². The summed E-state index contributed by atoms with van der Waals surface area (Å²) in [5.74, 6) is 0.291. The fraction of sp³-hybridized carbons (Fsp3) is 0.345. The number of pyridine rings is 2. The maximum atomic E-state index is 13.4. The van der Waals surface area contributed by atoms with Crippen LogP contribution in [0, 0.1) is 20.8 Å². The van der Waals surface area contributed by atoms with Crippen LogP contribution in [0.15, 0.2) is 47.5 Å². The molecule has 11 heteroatoms. The molecule has 0 bridgehead atoms. The van der Waals surface area contributed by atoms with E-state index in [0.29, 0.717) is 52.1 Å². The molecule has 40 heavy (non-hydrogen) atoms. The van der Waals surface area contributed by atoms with Crippen LogP contribution in [0.5, 0.6) is 0 Å². The number of carbonyl (C=O) groups is 1. The average molecular weight is 554 g/mol. The highest BCUT2D eigenvalue weighted by Gasteiger charge is 2.30. The Morgan fingerprint density at radius 3 is 2.52 bits per heavy atom. The Morgan fingerprint density at radius 1 is 1.12 bits per heavy atom. The molecular formula is C29H30F3N5O3. The van der Waals surface area contributed by atoms with Crippen LogP contribution < -0.4 is 15.8 Å². The second-order valence-electron chi connectivity index (χ2n) is 10.0. The number of amides is 1. The van der Waals surface area contributed by atoms with Crippen LogP contribution >= 0.6 is 0 Å². The summed E-state index contributed by atoms with van der Waals surface area (Å²) in [5, 5.41) is 3.38. The quantitative estimate of drug-likeness (QED) is 0.363. The average Bonchev–Trinajstić information content (AvgIpc) is 3.31. The zero-order valence-corrected chi connectivity index (χ0v) is 22.5. The molecule has 210 valence electrons. The summed E-state index contributed by atoms with van der Waals surface area (Å²) in [6, 6.07) is 8.86. The number of H-pyrrole nitrogens is 1. The van der Waals surface area contributed by atoms with Gasteiger partial charge in [0, 0.05) is 59.8 Å². The lowest BCUT2D eigenvalue weighted by atomic mass is 9.95. The molecular weight excluding hydrogens is 523 g/mol. The third-order valence-corrected chi connectivity index (χ3v) is 7.21. The van der Waals surface area contributed by atoms with Crippen molar-refractivity contribution in [3.8, 4) is 11.1 Å². The van der Waals surface area contributed by atoms with Gasteiger partial charge in [-0.2, -0.15) is 13.2 Å². The molecule has 1 saturated heterocycles. The highest BCUT2D eigenvalue weighted by atomic mass is 19.4. The van der Waals surface area contributed by atoms with E-state index in [-0.39, 0.29) is 17.7 Å². The van der Waals surface area contributed by atoms with Crippen molar-refractivity contribution in [1.29, 1.82) is 0 Å². The number of benzene rings is 1. The number of aryl methyl sites for hydroxylation is 3. The van der Waals surface area contributed by atoms with Gasteiger partial charge in [-0.1, -0.05) is 0 Å². The number of hydrogen-bond acceptors (Lipinski definition) is 5. The van der Waals surface area contributed by atoms with Crippen molar-refractivity contribution < 1.29 is 22.7 Å². The van der Waals surface area contributed by atoms with Crippen molar-refractivity contribution in [2.45, 2.75) is 40.0 Å². The van der Waals surface area contributed by atoms with Crippen LogP contribution in [0.2, 0.25) is 0 Å². The number of rotatable bonds is 6. The van der Waals surface area contributed by atoms with Crippen molar-refractivity contribution >= 4 is 22.6 Å². The Labute approximate surface area is 228 Å². The van der Waals surface area contributed by atoms with Crippen LogP contribution in [0.4, 0.5) is 19.0 Å². The monoisotopic (exact) mass is 553 g/mol. The fourth-order valence-corrected chi connectivity index (χ4v) is 5.25. The van der Waals surface area contributed by atoms with Crippen molar-refractivity contribution in [1.82, 2.24) is 19.9 Å². The van der Waals surface area contributed by atoms with Gasteiger partial charge in [0.05, 0.1) is 18.7 Å². The smallest absolute Gasteiger partial charge is 0.378 e. The van der Waals surface area contributed by atoms with Gasteiger partial charge in [0.1, 0.15) is 12.4 Å². The largest absolute Gasteiger partial charge is 0.406 e. The van der Waals surface area contributed by atoms with Gasteiger partial charge in [-0.05, 0) is 67.8 Å². The van der Waals surface area contributed by atoms with Gasteiger partial charge >= 0.3 is 6.18 Å². The number of alkyl halides is 3. The van der Waals surface area contributed by atoms with Crippen molar-refractivity contribution in [3.63, 3.8) is 0 Å². The van der Waals surface area contributed by atoms with Gasteiger partial charge < -0.3 is 24.5 Å². The zero-order valence-electron chi connectivity index (χ0n) is 22.5. The maximum absolute atomic E-state index is 13.4. The summed E-state index contributed by atoms with van der Waals surface area (Å²) in [4.78, 5) is 35.3. The molecule has 1 aromatic carbocycles. The van der Waals surface area contributed by atoms with Crippen LogP contribution in [-0.4, -0.2) is 52.9 Å². The number of nitrogens with zero attached hydrogens (tertiary/aromatic N) is 3. The molecule has 2 N–H and O–H groups in total. The van der Waals surface area contributed by atoms with Crippen LogP contribution in [0.1, 0.15) is 32.7 Å². The van der Waals surface area contributed by atoms with Crippen molar-refractivity contribution in [2.24, 2.45) is 0 Å². The Hall–Kier alpha value is -4.12. The second kappa shape index (κ2) is 10.8. The van der Waals surface area contributed by atoms with Gasteiger partial charge in [0.25, 0.3) is 11.5 Å². The molecule has 3 aromatic heterocycles. The summed E-state index contributed by atoms with van der Waals surface area (Å²) in [5.41, 5.74) is 3.80. The fourth-order valence-electron chi connectivity index (χ4n) is 5.25. The summed E-state index contributed by atoms with van der Waals surface area (Å²) in [6.07, 6.45) is -1.38. The van der Waals surface area contributed by atoms with Crippen LogP contribution in [-0.2, 0) is 17.8 Å². The molecule has 0 aliphatic carbocycles. The summed E-state index contributed by atoms with van der Waals surface area (Å²) in [7, 11) is 0. The molecule has 1 aliphatic heterocycles. The highest BCUT2D eigenvalue weighted by molar-refractivity contribution is 6.06. The third kappa shape index (κ3) is 5.60. The molecule has 0 spiro atoms. The molecule has 5 rings (SSSR count). The molecule has 8 nitrogen and oxygen atoms in total. The SMILES string of the molecule is Cc1cc(C)c(CNC(=O)c2cc(-c3ccc(N4CCOCC4)nc3)c3ccn(CC(F)(F)F)c3c2C)c(=O)[nH]1. The maximum Gasteiger partial charge on any atom is 0.406 e. The van der Waals surface area contributed by atoms with Gasteiger partial charge in [-0.25, -0.2) is 4.98 Å². The first-order chi connectivity index (χ1) is 19.0. The molecule has 0 atom stereocenters. The standard InChI is InChI=1S/C29H30F3N5O3/c1-17-12-18(2)35-28(39)24(17)15-34-27(38)22-13-23(20-4-5-25(33-14-20)36-8-10-40-11-9-36)21-6-7-37(16-29(30,31)32)26(21)19(22)3/h4-7,12-14H,8-11,15-16H2,1-3H3,(H,34,38)(H,35,39). The minimum atomic E-state index is -4.44. The summed E-state index contributed by atoms with van der Waals surface area (Å²) < 4.78 is 46.8. The minimum absolute atomic E-state index is 0.0214. The predicted molar refractivity (Wildman–Crippen MR) is 147 cm³/mol. The third-order valence-electron chi connectivity index (χ3n) is 7.21. The minimum Gasteiger partial charge on any atom is -0.378 e. The number of anilines is 1. The van der Waals surface area contributed by atoms with E-state index in [1.165, 1.54) is 6.20 Å². The van der Waals surface area contributed by atoms with E-state index in [2.05, 4.69) is 20.2 Å². The Bertz CT molecular complexity index is 1620. The Morgan fingerprint density at radius 2 is 1.88 bits per heavy atom. The van der Waals surface area contributed by atoms with E-state index >= 15 is 0 Å². The normalized spacial score (nSPS) is 14.1. The van der Waals surface area contributed by atoms with Gasteiger partial charge in [-0.15, -0.1) is 0 Å². The lowest BCUT2D eigenvalue weighted by Crippen LogP contribution is -2.36. The Balaban J connectivity index is 1.55. The molecule has 1 amide bonds. The number of morpholine rings is 1. The van der Waals surface area contributed by atoms with E-state index in [0.717, 1.165) is 29.0 Å². The van der Waals surface area contributed by atoms with Gasteiger partial charge in [0.2, 0.25) is 0 Å². The first kappa shape index (κ1) is 27.4. The van der Waals surface area contributed by atoms with E-state index in [9.17, 15) is 22.8 Å². The summed E-state index contributed by atoms with van der Waals surface area (Å²) in [6.45, 7) is 6.65. The predicted octanol–water partition coefficient (Wildman–Crippen LogP) is 4.65. The number of ether oxygens (including phenoxy) is 1. The number of halogens is 3. The zero-order chi connectivity index (χ0) is 28.6. The topological polar surface area (TPSA) is 92.2 Å². The molecule has 1 fully saturated rings. The molecule has 4 heterocycles. The molecule has 1 aliphatic rings. The molecule has 0 unspecified atom stereocenters. The summed E-state index contributed by atoms with van der Waals surface area (Å²) >= 11 is 0. The molecule has 4 aromatic rings. The van der Waals surface area contributed by atoms with Crippen molar-refractivity contribution in [3.05, 3.63) is 81.0 Å².